The second-order valence-corrected chi connectivity index (χ2v) is 6.80. The van der Waals surface area contributed by atoms with E-state index in [1.807, 2.05) is 22.6 Å². The van der Waals surface area contributed by atoms with Crippen LogP contribution in [0.25, 0.3) is 0 Å². The van der Waals surface area contributed by atoms with E-state index in [2.05, 4.69) is 15.3 Å². The molecule has 0 amide bonds. The molecule has 1 heterocycles. The first-order chi connectivity index (χ1) is 7.84. The number of aromatic nitrogens is 2. The van der Waals surface area contributed by atoms with Crippen LogP contribution in [0.1, 0.15) is 0 Å². The normalized spacial score (nSPS) is 11.8. The second kappa shape index (κ2) is 5.78. The SMILES string of the molecule is CN(C)S(=O)(=O)CCNc1nc[nH]c(=O)c1I. The van der Waals surface area contributed by atoms with E-state index >= 15 is 0 Å². The fourth-order valence-corrected chi connectivity index (χ4v) is 2.20. The van der Waals surface area contributed by atoms with Crippen LogP contribution in [0.5, 0.6) is 0 Å². The number of anilines is 1. The van der Waals surface area contributed by atoms with Gasteiger partial charge in [-0.05, 0) is 22.6 Å². The van der Waals surface area contributed by atoms with Crippen molar-refractivity contribution >= 4 is 38.4 Å². The average molecular weight is 372 g/mol. The lowest BCUT2D eigenvalue weighted by Crippen LogP contribution is -2.29. The predicted octanol–water partition coefficient (Wildman–Crippen LogP) is -0.322. The Labute approximate surface area is 113 Å². The molecule has 0 saturated carbocycles. The van der Waals surface area contributed by atoms with Crippen molar-refractivity contribution in [3.05, 3.63) is 20.3 Å². The van der Waals surface area contributed by atoms with E-state index in [-0.39, 0.29) is 17.9 Å². The molecule has 0 radical (unpaired) electrons. The summed E-state index contributed by atoms with van der Waals surface area (Å²) < 4.78 is 24.5. The Morgan fingerprint density at radius 2 is 2.18 bits per heavy atom. The maximum atomic E-state index is 11.5. The van der Waals surface area contributed by atoms with Crippen LogP contribution in [-0.4, -0.2) is 49.1 Å². The molecule has 2 N–H and O–H groups in total. The van der Waals surface area contributed by atoms with Gasteiger partial charge in [-0.2, -0.15) is 0 Å². The maximum absolute atomic E-state index is 11.5. The highest BCUT2D eigenvalue weighted by molar-refractivity contribution is 14.1. The molecule has 0 fully saturated rings. The molecule has 7 nitrogen and oxygen atoms in total. The molecular formula is C8H13IN4O3S. The van der Waals surface area contributed by atoms with E-state index in [0.717, 1.165) is 4.31 Å². The van der Waals surface area contributed by atoms with Crippen molar-refractivity contribution in [1.29, 1.82) is 0 Å². The fourth-order valence-electron chi connectivity index (χ4n) is 0.987. The first-order valence-electron chi connectivity index (χ1n) is 4.72. The molecule has 0 spiro atoms. The molecule has 1 rings (SSSR count). The molecule has 17 heavy (non-hydrogen) atoms. The Morgan fingerprint density at radius 1 is 1.53 bits per heavy atom. The average Bonchev–Trinajstić information content (AvgIpc) is 2.24. The minimum atomic E-state index is -3.24. The van der Waals surface area contributed by atoms with Crippen LogP contribution in [0.3, 0.4) is 0 Å². The lowest BCUT2D eigenvalue weighted by Gasteiger charge is -2.12. The zero-order valence-corrected chi connectivity index (χ0v) is 12.4. The smallest absolute Gasteiger partial charge is 0.266 e. The monoisotopic (exact) mass is 372 g/mol. The molecule has 0 saturated heterocycles. The third kappa shape index (κ3) is 3.92. The Kier molecular flexibility index (Phi) is 4.89. The number of H-pyrrole nitrogens is 1. The number of nitrogens with one attached hydrogen (secondary N) is 2. The number of rotatable bonds is 5. The van der Waals surface area contributed by atoms with Crippen LogP contribution in [0.4, 0.5) is 5.82 Å². The molecule has 9 heteroatoms. The largest absolute Gasteiger partial charge is 0.368 e. The summed E-state index contributed by atoms with van der Waals surface area (Å²) in [5.74, 6) is 0.341. The van der Waals surface area contributed by atoms with Gasteiger partial charge in [0.2, 0.25) is 10.0 Å². The molecule has 0 atom stereocenters. The van der Waals surface area contributed by atoms with Gasteiger partial charge in [0.15, 0.2) is 0 Å². The molecule has 0 aromatic carbocycles. The molecule has 0 aliphatic carbocycles. The Morgan fingerprint density at radius 3 is 2.76 bits per heavy atom. The van der Waals surface area contributed by atoms with E-state index in [0.29, 0.717) is 9.39 Å². The van der Waals surface area contributed by atoms with Gasteiger partial charge in [-0.1, -0.05) is 0 Å². The predicted molar refractivity (Wildman–Crippen MR) is 73.5 cm³/mol. The first kappa shape index (κ1) is 14.4. The fraction of sp³-hybridized carbons (Fsp3) is 0.500. The lowest BCUT2D eigenvalue weighted by molar-refractivity contribution is 0.521. The summed E-state index contributed by atoms with van der Waals surface area (Å²) in [6, 6.07) is 0. The van der Waals surface area contributed by atoms with Gasteiger partial charge in [0.1, 0.15) is 9.39 Å². The van der Waals surface area contributed by atoms with Crippen LogP contribution in [0.2, 0.25) is 0 Å². The molecule has 0 aliphatic rings. The Balaban J connectivity index is 2.64. The van der Waals surface area contributed by atoms with E-state index in [9.17, 15) is 13.2 Å². The molecular weight excluding hydrogens is 359 g/mol. The summed E-state index contributed by atoms with van der Waals surface area (Å²) in [4.78, 5) is 17.6. The van der Waals surface area contributed by atoms with Gasteiger partial charge in [-0.3, -0.25) is 4.79 Å². The zero-order valence-electron chi connectivity index (χ0n) is 9.40. The van der Waals surface area contributed by atoms with E-state index in [1.165, 1.54) is 20.4 Å². The quantitative estimate of drug-likeness (QED) is 0.691. The van der Waals surface area contributed by atoms with Gasteiger partial charge in [0.25, 0.3) is 5.56 Å². The molecule has 0 unspecified atom stereocenters. The van der Waals surface area contributed by atoms with Crippen molar-refractivity contribution in [3.63, 3.8) is 0 Å². The van der Waals surface area contributed by atoms with Gasteiger partial charge in [0, 0.05) is 20.6 Å². The minimum absolute atomic E-state index is 0.0510. The standard InChI is InChI=1S/C8H13IN4O3S/c1-13(2)17(15,16)4-3-10-7-6(9)8(14)12-5-11-7/h5H,3-4H2,1-2H3,(H2,10,11,12,14). The molecule has 0 aliphatic heterocycles. The van der Waals surface area contributed by atoms with Crippen molar-refractivity contribution in [1.82, 2.24) is 14.3 Å². The van der Waals surface area contributed by atoms with Gasteiger partial charge in [0.05, 0.1) is 12.1 Å². The Hall–Kier alpha value is -0.680. The van der Waals surface area contributed by atoms with Crippen LogP contribution in [0.15, 0.2) is 11.1 Å². The number of halogens is 1. The van der Waals surface area contributed by atoms with Crippen molar-refractivity contribution in [2.75, 3.05) is 31.7 Å². The van der Waals surface area contributed by atoms with Crippen molar-refractivity contribution in [3.8, 4) is 0 Å². The number of nitrogens with zero attached hydrogens (tertiary/aromatic N) is 2. The van der Waals surface area contributed by atoms with E-state index in [4.69, 9.17) is 0 Å². The second-order valence-electron chi connectivity index (χ2n) is 3.42. The minimum Gasteiger partial charge on any atom is -0.368 e. The van der Waals surface area contributed by atoms with Crippen LogP contribution in [0, 0.1) is 3.57 Å². The molecule has 1 aromatic heterocycles. The summed E-state index contributed by atoms with van der Waals surface area (Å²) in [5.41, 5.74) is -0.251. The van der Waals surface area contributed by atoms with Crippen LogP contribution >= 0.6 is 22.6 Å². The Bertz CT molecular complexity index is 540. The summed E-state index contributed by atoms with van der Waals surface area (Å²) >= 11 is 1.85. The number of aromatic amines is 1. The maximum Gasteiger partial charge on any atom is 0.266 e. The van der Waals surface area contributed by atoms with E-state index in [1.54, 1.807) is 0 Å². The third-order valence-corrected chi connectivity index (χ3v) is 4.84. The zero-order chi connectivity index (χ0) is 13.1. The number of hydrogen-bond donors (Lipinski definition) is 2. The summed E-state index contributed by atoms with van der Waals surface area (Å²) in [6.45, 7) is 0.201. The summed E-state index contributed by atoms with van der Waals surface area (Å²) in [6.07, 6.45) is 1.27. The van der Waals surface area contributed by atoms with Gasteiger partial charge in [-0.25, -0.2) is 17.7 Å². The molecule has 0 bridgehead atoms. The highest BCUT2D eigenvalue weighted by atomic mass is 127. The first-order valence-corrected chi connectivity index (χ1v) is 7.40. The van der Waals surface area contributed by atoms with Crippen molar-refractivity contribution in [2.45, 2.75) is 0 Å². The summed E-state index contributed by atoms with van der Waals surface area (Å²) in [5, 5.41) is 2.82. The van der Waals surface area contributed by atoms with Crippen molar-refractivity contribution in [2.24, 2.45) is 0 Å². The van der Waals surface area contributed by atoms with Crippen LogP contribution < -0.4 is 10.9 Å². The molecule has 96 valence electrons. The topological polar surface area (TPSA) is 95.2 Å². The highest BCUT2D eigenvalue weighted by Gasteiger charge is 2.13. The lowest BCUT2D eigenvalue weighted by atomic mass is 10.5. The van der Waals surface area contributed by atoms with E-state index < -0.39 is 10.0 Å². The van der Waals surface area contributed by atoms with Crippen molar-refractivity contribution < 1.29 is 8.42 Å². The highest BCUT2D eigenvalue weighted by Crippen LogP contribution is 2.08. The molecule has 1 aromatic rings. The number of hydrogen-bond acceptors (Lipinski definition) is 5. The third-order valence-electron chi connectivity index (χ3n) is 2.01. The number of sulfonamides is 1. The van der Waals surface area contributed by atoms with Gasteiger partial charge < -0.3 is 10.3 Å². The summed E-state index contributed by atoms with van der Waals surface area (Å²) in [7, 11) is -0.283. The van der Waals surface area contributed by atoms with Gasteiger partial charge in [-0.15, -0.1) is 0 Å². The van der Waals surface area contributed by atoms with Gasteiger partial charge >= 0.3 is 0 Å². The van der Waals surface area contributed by atoms with Crippen LogP contribution in [-0.2, 0) is 10.0 Å².